The van der Waals surface area contributed by atoms with Gasteiger partial charge in [-0.3, -0.25) is 14.5 Å². The molecule has 0 saturated carbocycles. The number of aliphatic hydroxyl groups excluding tert-OH is 1. The summed E-state index contributed by atoms with van der Waals surface area (Å²) >= 11 is 0. The number of imidazole rings is 1. The van der Waals surface area contributed by atoms with Crippen LogP contribution in [0.1, 0.15) is 27.0 Å². The maximum absolute atomic E-state index is 12.3. The highest BCUT2D eigenvalue weighted by molar-refractivity contribution is 5.97. The quantitative estimate of drug-likeness (QED) is 0.725. The van der Waals surface area contributed by atoms with Gasteiger partial charge in [-0.25, -0.2) is 4.98 Å². The van der Waals surface area contributed by atoms with E-state index in [1.165, 1.54) is 0 Å². The molecule has 0 atom stereocenters. The highest BCUT2D eigenvalue weighted by atomic mass is 16.3. The van der Waals surface area contributed by atoms with Crippen LogP contribution < -0.4 is 0 Å². The number of carbonyl (C=O) groups excluding carboxylic acids is 2. The van der Waals surface area contributed by atoms with Crippen LogP contribution in [0.5, 0.6) is 0 Å². The molecule has 132 valence electrons. The summed E-state index contributed by atoms with van der Waals surface area (Å²) < 4.78 is 1.94. The predicted molar refractivity (Wildman–Crippen MR) is 95.9 cm³/mol. The van der Waals surface area contributed by atoms with Gasteiger partial charge in [0.15, 0.2) is 11.6 Å². The van der Waals surface area contributed by atoms with Crippen LogP contribution in [-0.4, -0.2) is 44.1 Å². The van der Waals surface area contributed by atoms with Gasteiger partial charge in [0.25, 0.3) is 0 Å². The minimum Gasteiger partial charge on any atom is -0.388 e. The maximum atomic E-state index is 12.3. The Bertz CT molecular complexity index is 993. The second-order valence-corrected chi connectivity index (χ2v) is 6.65. The lowest BCUT2D eigenvalue weighted by atomic mass is 9.99. The number of fused-ring (bicyclic) bond motifs is 2. The van der Waals surface area contributed by atoms with Crippen molar-refractivity contribution in [2.45, 2.75) is 19.5 Å². The van der Waals surface area contributed by atoms with E-state index in [-0.39, 0.29) is 11.6 Å². The van der Waals surface area contributed by atoms with Crippen molar-refractivity contribution in [1.29, 1.82) is 0 Å². The molecule has 26 heavy (non-hydrogen) atoms. The van der Waals surface area contributed by atoms with E-state index < -0.39 is 6.61 Å². The number of aliphatic hydroxyl groups is 1. The molecule has 1 aliphatic rings. The zero-order valence-corrected chi connectivity index (χ0v) is 14.3. The minimum absolute atomic E-state index is 0.159. The van der Waals surface area contributed by atoms with Gasteiger partial charge in [-0.2, -0.15) is 0 Å². The van der Waals surface area contributed by atoms with E-state index in [0.29, 0.717) is 31.6 Å². The second-order valence-electron chi connectivity index (χ2n) is 6.65. The molecule has 0 bridgehead atoms. The van der Waals surface area contributed by atoms with Crippen molar-refractivity contribution in [3.05, 3.63) is 71.2 Å². The largest absolute Gasteiger partial charge is 0.388 e. The third-order valence-corrected chi connectivity index (χ3v) is 4.72. The van der Waals surface area contributed by atoms with Gasteiger partial charge in [0.2, 0.25) is 0 Å². The summed E-state index contributed by atoms with van der Waals surface area (Å²) in [6.07, 6.45) is 5.98. The maximum Gasteiger partial charge on any atom is 0.188 e. The zero-order chi connectivity index (χ0) is 18.1. The number of hydrogen-bond acceptors (Lipinski definition) is 5. The second kappa shape index (κ2) is 6.82. The number of nitrogens with zero attached hydrogens (tertiary/aromatic N) is 3. The highest BCUT2D eigenvalue weighted by Crippen LogP contribution is 2.21. The molecule has 2 aromatic heterocycles. The summed E-state index contributed by atoms with van der Waals surface area (Å²) in [5.41, 5.74) is 4.37. The Labute approximate surface area is 150 Å². The molecule has 4 rings (SSSR count). The molecule has 1 aromatic carbocycles. The van der Waals surface area contributed by atoms with Crippen LogP contribution in [-0.2, 0) is 24.3 Å². The van der Waals surface area contributed by atoms with Crippen LogP contribution in [0.3, 0.4) is 0 Å². The van der Waals surface area contributed by atoms with Crippen molar-refractivity contribution in [3.8, 4) is 0 Å². The molecule has 3 aromatic rings. The van der Waals surface area contributed by atoms with Gasteiger partial charge in [0.1, 0.15) is 12.3 Å². The van der Waals surface area contributed by atoms with Gasteiger partial charge in [-0.15, -0.1) is 0 Å². The predicted octanol–water partition coefficient (Wildman–Crippen LogP) is 1.64. The molecule has 3 heterocycles. The number of aromatic nitrogens is 2. The van der Waals surface area contributed by atoms with Crippen molar-refractivity contribution in [2.24, 2.45) is 0 Å². The molecule has 0 spiro atoms. The fourth-order valence-electron chi connectivity index (χ4n) is 3.45. The van der Waals surface area contributed by atoms with Crippen LogP contribution in [0.15, 0.2) is 48.9 Å². The van der Waals surface area contributed by atoms with E-state index in [1.807, 2.05) is 35.0 Å². The third-order valence-electron chi connectivity index (χ3n) is 4.72. The van der Waals surface area contributed by atoms with Crippen LogP contribution in [0.2, 0.25) is 0 Å². The molecule has 0 aliphatic carbocycles. The molecule has 6 heteroatoms. The highest BCUT2D eigenvalue weighted by Gasteiger charge is 2.21. The molecule has 1 N–H and O–H groups in total. The van der Waals surface area contributed by atoms with Crippen LogP contribution in [0, 0.1) is 0 Å². The van der Waals surface area contributed by atoms with Crippen LogP contribution in [0.25, 0.3) is 5.65 Å². The lowest BCUT2D eigenvalue weighted by Crippen LogP contribution is -2.27. The van der Waals surface area contributed by atoms with E-state index in [4.69, 9.17) is 5.11 Å². The smallest absolute Gasteiger partial charge is 0.188 e. The molecule has 1 aliphatic heterocycles. The Morgan fingerprint density at radius 2 is 2.00 bits per heavy atom. The van der Waals surface area contributed by atoms with Crippen molar-refractivity contribution in [3.63, 3.8) is 0 Å². The normalized spacial score (nSPS) is 15.0. The molecule has 0 radical (unpaired) electrons. The summed E-state index contributed by atoms with van der Waals surface area (Å²) in [6.45, 7) is 1.09. The Morgan fingerprint density at radius 3 is 2.85 bits per heavy atom. The fraction of sp³-hybridized carbons (Fsp3) is 0.250. The summed E-state index contributed by atoms with van der Waals surface area (Å²) in [7, 11) is 0. The summed E-state index contributed by atoms with van der Waals surface area (Å²) in [5.74, 6) is -0.147. The fourth-order valence-corrected chi connectivity index (χ4v) is 3.45. The topological polar surface area (TPSA) is 74.9 Å². The Balaban J connectivity index is 1.61. The average Bonchev–Trinajstić information content (AvgIpc) is 3.03. The summed E-state index contributed by atoms with van der Waals surface area (Å²) in [4.78, 5) is 30.5. The number of ketones is 2. The molecule has 6 nitrogen and oxygen atoms in total. The van der Waals surface area contributed by atoms with Gasteiger partial charge < -0.3 is 9.51 Å². The van der Waals surface area contributed by atoms with Gasteiger partial charge in [-0.1, -0.05) is 12.1 Å². The monoisotopic (exact) mass is 349 g/mol. The average molecular weight is 349 g/mol. The Kier molecular flexibility index (Phi) is 4.36. The zero-order valence-electron chi connectivity index (χ0n) is 14.3. The van der Waals surface area contributed by atoms with Gasteiger partial charge in [0.05, 0.1) is 6.54 Å². The van der Waals surface area contributed by atoms with Gasteiger partial charge in [-0.05, 0) is 34.9 Å². The standard InChI is InChI=1S/C20H19N3O3/c24-13-19(26)16-2-1-15-9-18(25)12-22(11-17(15)8-16)10-14-3-5-23-6-4-21-20(23)7-14/h1-8,24H,9-13H2. The first-order chi connectivity index (χ1) is 12.6. The van der Waals surface area contributed by atoms with Crippen molar-refractivity contribution in [1.82, 2.24) is 14.3 Å². The number of carbonyl (C=O) groups is 2. The van der Waals surface area contributed by atoms with Gasteiger partial charge >= 0.3 is 0 Å². The number of pyridine rings is 1. The van der Waals surface area contributed by atoms with Crippen molar-refractivity contribution in [2.75, 3.05) is 13.2 Å². The van der Waals surface area contributed by atoms with Crippen molar-refractivity contribution < 1.29 is 14.7 Å². The number of rotatable bonds is 4. The van der Waals surface area contributed by atoms with Gasteiger partial charge in [0, 0.05) is 43.7 Å². The third kappa shape index (κ3) is 3.29. The van der Waals surface area contributed by atoms with Crippen LogP contribution in [0.4, 0.5) is 0 Å². The van der Waals surface area contributed by atoms with E-state index in [0.717, 1.165) is 22.3 Å². The Morgan fingerprint density at radius 1 is 1.12 bits per heavy atom. The lowest BCUT2D eigenvalue weighted by molar-refractivity contribution is -0.119. The van der Waals surface area contributed by atoms with E-state index in [9.17, 15) is 9.59 Å². The molecule has 0 amide bonds. The number of hydrogen-bond donors (Lipinski definition) is 1. The SMILES string of the molecule is O=C1Cc2ccc(C(=O)CO)cc2CN(Cc2ccn3ccnc3c2)C1. The summed E-state index contributed by atoms with van der Waals surface area (Å²) in [5, 5.41) is 9.08. The molecular formula is C20H19N3O3. The van der Waals surface area contributed by atoms with Crippen LogP contribution >= 0.6 is 0 Å². The Hall–Kier alpha value is -2.83. The van der Waals surface area contributed by atoms with E-state index >= 15 is 0 Å². The minimum atomic E-state index is -0.508. The first-order valence-electron chi connectivity index (χ1n) is 8.54. The van der Waals surface area contributed by atoms with E-state index in [1.54, 1.807) is 18.3 Å². The van der Waals surface area contributed by atoms with E-state index in [2.05, 4.69) is 9.88 Å². The molecular weight excluding hydrogens is 330 g/mol. The molecule has 0 saturated heterocycles. The molecule has 0 unspecified atom stereocenters. The molecule has 0 fully saturated rings. The summed E-state index contributed by atoms with van der Waals surface area (Å²) in [6, 6.07) is 9.36. The first-order valence-corrected chi connectivity index (χ1v) is 8.54. The first kappa shape index (κ1) is 16.6. The number of Topliss-reactive ketones (excluding diaryl/α,β-unsaturated/α-hetero) is 2. The number of benzene rings is 1. The lowest BCUT2D eigenvalue weighted by Gasteiger charge is -2.20. The van der Waals surface area contributed by atoms with Crippen molar-refractivity contribution >= 4 is 17.2 Å².